The number of aromatic nitrogens is 1. The molecule has 0 fully saturated rings. The number of nitrogens with zero attached hydrogens (tertiary/aromatic N) is 1. The van der Waals surface area contributed by atoms with E-state index >= 15 is 0 Å². The fourth-order valence-electron chi connectivity index (χ4n) is 2.09. The van der Waals surface area contributed by atoms with Gasteiger partial charge in [0.15, 0.2) is 0 Å². The number of carbonyl (C=O) groups excluding carboxylic acids is 1. The van der Waals surface area contributed by atoms with E-state index in [0.29, 0.717) is 0 Å². The Balaban J connectivity index is 2.07. The van der Waals surface area contributed by atoms with Crippen LogP contribution in [0.1, 0.15) is 17.3 Å². The summed E-state index contributed by atoms with van der Waals surface area (Å²) in [5, 5.41) is 3.23. The fourth-order valence-corrected chi connectivity index (χ4v) is 2.09. The van der Waals surface area contributed by atoms with Crippen molar-refractivity contribution in [3.63, 3.8) is 0 Å². The van der Waals surface area contributed by atoms with Crippen LogP contribution in [0, 0.1) is 0 Å². The molecule has 0 spiro atoms. The van der Waals surface area contributed by atoms with Gasteiger partial charge in [-0.05, 0) is 17.7 Å². The topological polar surface area (TPSA) is 34.0 Å². The smallest absolute Gasteiger partial charge is 0.148 e. The van der Waals surface area contributed by atoms with Gasteiger partial charge in [0.05, 0.1) is 11.4 Å². The molecular weight excluding hydrogens is 212 g/mol. The highest BCUT2D eigenvalue weighted by Crippen LogP contribution is 2.24. The summed E-state index contributed by atoms with van der Waals surface area (Å²) in [5.74, 6) is 0. The van der Waals surface area contributed by atoms with Crippen LogP contribution >= 0.6 is 0 Å². The molecule has 1 aliphatic heterocycles. The first-order valence-electron chi connectivity index (χ1n) is 5.54. The average Bonchev–Trinajstić information content (AvgIpc) is 2.86. The molecule has 0 aliphatic carbocycles. The number of rotatable bonds is 2. The first-order chi connectivity index (χ1) is 8.38. The van der Waals surface area contributed by atoms with Crippen LogP contribution in [0.25, 0.3) is 11.9 Å². The van der Waals surface area contributed by atoms with Crippen molar-refractivity contribution in [3.05, 3.63) is 59.9 Å². The Kier molecular flexibility index (Phi) is 2.29. The minimum atomic E-state index is -0.273. The molecule has 3 nitrogen and oxygen atoms in total. The molecule has 1 aromatic heterocycles. The minimum absolute atomic E-state index is 0.273. The summed E-state index contributed by atoms with van der Waals surface area (Å²) >= 11 is 0. The molecule has 0 saturated carbocycles. The molecule has 0 radical (unpaired) electrons. The van der Waals surface area contributed by atoms with E-state index in [2.05, 4.69) is 5.32 Å². The molecule has 1 unspecified atom stereocenters. The Morgan fingerprint density at radius 1 is 1.12 bits per heavy atom. The Morgan fingerprint density at radius 2 is 1.94 bits per heavy atom. The molecule has 1 aromatic carbocycles. The van der Waals surface area contributed by atoms with Crippen LogP contribution in [-0.2, 0) is 4.79 Å². The second-order valence-corrected chi connectivity index (χ2v) is 4.01. The van der Waals surface area contributed by atoms with Gasteiger partial charge in [-0.3, -0.25) is 0 Å². The van der Waals surface area contributed by atoms with Crippen molar-refractivity contribution in [2.75, 3.05) is 0 Å². The highest BCUT2D eigenvalue weighted by Gasteiger charge is 2.19. The minimum Gasteiger partial charge on any atom is -0.369 e. The van der Waals surface area contributed by atoms with Crippen molar-refractivity contribution in [2.45, 2.75) is 6.04 Å². The third kappa shape index (κ3) is 1.65. The molecule has 3 heteroatoms. The van der Waals surface area contributed by atoms with Crippen LogP contribution in [-0.4, -0.2) is 10.9 Å². The maximum atomic E-state index is 11.1. The van der Waals surface area contributed by atoms with E-state index < -0.39 is 0 Å². The van der Waals surface area contributed by atoms with Gasteiger partial charge >= 0.3 is 0 Å². The lowest BCUT2D eigenvalue weighted by atomic mass is 10.1. The molecule has 17 heavy (non-hydrogen) atoms. The SMILES string of the molecule is O=CC1NC(c2ccccc2)=Cn2cccc21. The van der Waals surface area contributed by atoms with Crippen molar-refractivity contribution in [1.82, 2.24) is 9.88 Å². The summed E-state index contributed by atoms with van der Waals surface area (Å²) in [6.07, 6.45) is 4.89. The van der Waals surface area contributed by atoms with Crippen molar-refractivity contribution < 1.29 is 4.79 Å². The highest BCUT2D eigenvalue weighted by atomic mass is 16.1. The van der Waals surface area contributed by atoms with E-state index in [1.807, 2.05) is 59.4 Å². The van der Waals surface area contributed by atoms with E-state index in [1.165, 1.54) is 0 Å². The Morgan fingerprint density at radius 3 is 2.71 bits per heavy atom. The van der Waals surface area contributed by atoms with Gasteiger partial charge in [-0.2, -0.15) is 0 Å². The monoisotopic (exact) mass is 224 g/mol. The molecule has 0 saturated heterocycles. The van der Waals surface area contributed by atoms with Crippen LogP contribution in [0.2, 0.25) is 0 Å². The normalized spacial score (nSPS) is 17.9. The predicted molar refractivity (Wildman–Crippen MR) is 67.0 cm³/mol. The summed E-state index contributed by atoms with van der Waals surface area (Å²) in [5.41, 5.74) is 3.02. The number of hydrogen-bond acceptors (Lipinski definition) is 2. The number of carbonyl (C=O) groups is 1. The Labute approximate surface area is 99.4 Å². The van der Waals surface area contributed by atoms with Crippen molar-refractivity contribution in [1.29, 1.82) is 0 Å². The maximum absolute atomic E-state index is 11.1. The zero-order valence-electron chi connectivity index (χ0n) is 9.21. The molecule has 1 N–H and O–H groups in total. The van der Waals surface area contributed by atoms with Gasteiger partial charge in [0.2, 0.25) is 0 Å². The van der Waals surface area contributed by atoms with Gasteiger partial charge in [-0.15, -0.1) is 0 Å². The summed E-state index contributed by atoms with van der Waals surface area (Å²) in [6, 6.07) is 13.6. The van der Waals surface area contributed by atoms with Gasteiger partial charge in [0.1, 0.15) is 12.3 Å². The average molecular weight is 224 g/mol. The van der Waals surface area contributed by atoms with E-state index in [-0.39, 0.29) is 6.04 Å². The number of nitrogens with one attached hydrogen (secondary N) is 1. The highest BCUT2D eigenvalue weighted by molar-refractivity contribution is 5.79. The van der Waals surface area contributed by atoms with Crippen molar-refractivity contribution >= 4 is 18.2 Å². The fraction of sp³-hybridized carbons (Fsp3) is 0.0714. The van der Waals surface area contributed by atoms with E-state index in [9.17, 15) is 4.79 Å². The molecule has 1 atom stereocenters. The van der Waals surface area contributed by atoms with Gasteiger partial charge in [-0.1, -0.05) is 30.3 Å². The summed E-state index contributed by atoms with van der Waals surface area (Å²) < 4.78 is 1.98. The van der Waals surface area contributed by atoms with E-state index in [0.717, 1.165) is 23.2 Å². The second kappa shape index (κ2) is 3.94. The molecule has 84 valence electrons. The van der Waals surface area contributed by atoms with Crippen LogP contribution in [0.15, 0.2) is 48.7 Å². The Bertz CT molecular complexity index is 569. The van der Waals surface area contributed by atoms with Gasteiger partial charge in [0, 0.05) is 12.4 Å². The third-order valence-electron chi connectivity index (χ3n) is 2.93. The quantitative estimate of drug-likeness (QED) is 0.794. The summed E-state index contributed by atoms with van der Waals surface area (Å²) in [7, 11) is 0. The van der Waals surface area contributed by atoms with E-state index in [1.54, 1.807) is 0 Å². The molecule has 0 bridgehead atoms. The van der Waals surface area contributed by atoms with Gasteiger partial charge < -0.3 is 14.7 Å². The lowest BCUT2D eigenvalue weighted by Crippen LogP contribution is -2.26. The first kappa shape index (κ1) is 9.90. The molecule has 0 amide bonds. The maximum Gasteiger partial charge on any atom is 0.148 e. The first-order valence-corrected chi connectivity index (χ1v) is 5.54. The van der Waals surface area contributed by atoms with Crippen molar-refractivity contribution in [2.24, 2.45) is 0 Å². The predicted octanol–water partition coefficient (Wildman–Crippen LogP) is 2.29. The molecular formula is C14H12N2O. The zero-order chi connectivity index (χ0) is 11.7. The number of aldehydes is 1. The summed E-state index contributed by atoms with van der Waals surface area (Å²) in [6.45, 7) is 0. The molecule has 1 aliphatic rings. The number of hydrogen-bond donors (Lipinski definition) is 1. The van der Waals surface area contributed by atoms with Gasteiger partial charge in [-0.25, -0.2) is 0 Å². The molecule has 3 rings (SSSR count). The Hall–Kier alpha value is -2.29. The largest absolute Gasteiger partial charge is 0.369 e. The number of benzene rings is 1. The standard InChI is InChI=1S/C14H12N2O/c17-10-13-14-7-4-8-16(14)9-12(15-13)11-5-2-1-3-6-11/h1-10,13,15H. The number of fused-ring (bicyclic) bond motifs is 1. The zero-order valence-corrected chi connectivity index (χ0v) is 9.21. The lowest BCUT2D eigenvalue weighted by molar-refractivity contribution is -0.109. The third-order valence-corrected chi connectivity index (χ3v) is 2.93. The van der Waals surface area contributed by atoms with Crippen molar-refractivity contribution in [3.8, 4) is 0 Å². The van der Waals surface area contributed by atoms with E-state index in [4.69, 9.17) is 0 Å². The molecule has 2 heterocycles. The van der Waals surface area contributed by atoms with Gasteiger partial charge in [0.25, 0.3) is 0 Å². The van der Waals surface area contributed by atoms with Crippen LogP contribution in [0.4, 0.5) is 0 Å². The van der Waals surface area contributed by atoms with Crippen LogP contribution < -0.4 is 5.32 Å². The molecule has 2 aromatic rings. The lowest BCUT2D eigenvalue weighted by Gasteiger charge is -2.23. The van der Waals surface area contributed by atoms with Crippen LogP contribution in [0.5, 0.6) is 0 Å². The summed E-state index contributed by atoms with van der Waals surface area (Å²) in [4.78, 5) is 11.1. The second-order valence-electron chi connectivity index (χ2n) is 4.01. The van der Waals surface area contributed by atoms with Crippen LogP contribution in [0.3, 0.4) is 0 Å².